The second kappa shape index (κ2) is 7.92. The monoisotopic (exact) mass is 346 g/mol. The molecule has 128 valence electrons. The number of hydrogen-bond acceptors (Lipinski definition) is 4. The molecule has 1 heterocycles. The van der Waals surface area contributed by atoms with Gasteiger partial charge in [-0.15, -0.1) is 11.3 Å². The van der Waals surface area contributed by atoms with Gasteiger partial charge in [0.05, 0.1) is 23.7 Å². The lowest BCUT2D eigenvalue weighted by molar-refractivity contribution is -0.127. The van der Waals surface area contributed by atoms with Gasteiger partial charge in [-0.2, -0.15) is 0 Å². The van der Waals surface area contributed by atoms with Gasteiger partial charge in [-0.1, -0.05) is 18.2 Å². The average Bonchev–Trinajstić information content (AvgIpc) is 2.84. The number of urea groups is 1. The maximum absolute atomic E-state index is 12.1. The molecule has 0 unspecified atom stereocenters. The molecule has 2 aromatic rings. The highest BCUT2D eigenvalue weighted by molar-refractivity contribution is 7.11. The van der Waals surface area contributed by atoms with Gasteiger partial charge >= 0.3 is 6.03 Å². The van der Waals surface area contributed by atoms with Crippen molar-refractivity contribution in [1.82, 2.24) is 15.2 Å². The molecule has 2 rings (SSSR count). The minimum absolute atomic E-state index is 0.0135. The Balaban J connectivity index is 1.98. The number of nitrogens with zero attached hydrogens (tertiary/aromatic N) is 2. The molecule has 0 saturated heterocycles. The molecule has 0 spiro atoms. The van der Waals surface area contributed by atoms with Crippen molar-refractivity contribution in [2.75, 3.05) is 19.4 Å². The molecule has 6 nitrogen and oxygen atoms in total. The predicted octanol–water partition coefficient (Wildman–Crippen LogP) is 2.71. The van der Waals surface area contributed by atoms with E-state index in [0.717, 1.165) is 21.1 Å². The van der Waals surface area contributed by atoms with Crippen LogP contribution in [-0.4, -0.2) is 35.9 Å². The highest BCUT2D eigenvalue weighted by atomic mass is 32.1. The molecule has 7 heteroatoms. The maximum Gasteiger partial charge on any atom is 0.319 e. The number of thiazole rings is 1. The molecule has 0 aliphatic rings. The van der Waals surface area contributed by atoms with E-state index in [1.54, 1.807) is 31.5 Å². The largest absolute Gasteiger partial charge is 0.349 e. The second-order valence-electron chi connectivity index (χ2n) is 5.67. The normalized spacial score (nSPS) is 10.3. The van der Waals surface area contributed by atoms with E-state index in [1.165, 1.54) is 4.90 Å². The minimum atomic E-state index is -0.301. The standard InChI is InChI=1S/C17H22N4O2S/c1-11-15(24-12(2)19-11)10-18-17(23)20-14-8-6-5-7-13(14)9-16(22)21(3)4/h5-8H,9-10H2,1-4H3,(H2,18,20,23). The zero-order valence-electron chi connectivity index (χ0n) is 14.3. The van der Waals surface area contributed by atoms with Crippen LogP contribution in [0.5, 0.6) is 0 Å². The fraction of sp³-hybridized carbons (Fsp3) is 0.353. The smallest absolute Gasteiger partial charge is 0.319 e. The van der Waals surface area contributed by atoms with Gasteiger partial charge in [0.15, 0.2) is 0 Å². The van der Waals surface area contributed by atoms with Gasteiger partial charge in [0.2, 0.25) is 5.91 Å². The van der Waals surface area contributed by atoms with E-state index >= 15 is 0 Å². The number of anilines is 1. The van der Waals surface area contributed by atoms with E-state index < -0.39 is 0 Å². The Morgan fingerprint density at radius 2 is 1.92 bits per heavy atom. The summed E-state index contributed by atoms with van der Waals surface area (Å²) in [6, 6.07) is 7.01. The van der Waals surface area contributed by atoms with Crippen LogP contribution in [0.3, 0.4) is 0 Å². The lowest BCUT2D eigenvalue weighted by Crippen LogP contribution is -2.29. The first-order valence-corrected chi connectivity index (χ1v) is 8.44. The van der Waals surface area contributed by atoms with E-state index in [9.17, 15) is 9.59 Å². The molecule has 0 atom stereocenters. The zero-order chi connectivity index (χ0) is 17.7. The summed E-state index contributed by atoms with van der Waals surface area (Å²) in [5, 5.41) is 6.63. The Labute approximate surface area is 145 Å². The van der Waals surface area contributed by atoms with E-state index in [2.05, 4.69) is 15.6 Å². The third-order valence-corrected chi connectivity index (χ3v) is 4.59. The third kappa shape index (κ3) is 4.79. The lowest BCUT2D eigenvalue weighted by Gasteiger charge is -2.14. The molecular formula is C17H22N4O2S. The minimum Gasteiger partial charge on any atom is -0.349 e. The second-order valence-corrected chi connectivity index (χ2v) is 6.96. The van der Waals surface area contributed by atoms with E-state index in [0.29, 0.717) is 12.2 Å². The first-order valence-electron chi connectivity index (χ1n) is 7.62. The number of aromatic nitrogens is 1. The van der Waals surface area contributed by atoms with Crippen molar-refractivity contribution in [3.63, 3.8) is 0 Å². The number of carbonyl (C=O) groups excluding carboxylic acids is 2. The molecule has 0 radical (unpaired) electrons. The molecule has 0 aliphatic carbocycles. The summed E-state index contributed by atoms with van der Waals surface area (Å²) in [7, 11) is 3.43. The number of carbonyl (C=O) groups is 2. The fourth-order valence-electron chi connectivity index (χ4n) is 2.18. The summed E-state index contributed by atoms with van der Waals surface area (Å²) >= 11 is 1.57. The summed E-state index contributed by atoms with van der Waals surface area (Å²) in [6.45, 7) is 4.31. The summed E-state index contributed by atoms with van der Waals surface area (Å²) in [5.74, 6) is -0.0135. The number of benzene rings is 1. The van der Waals surface area contributed by atoms with E-state index in [4.69, 9.17) is 0 Å². The van der Waals surface area contributed by atoms with Crippen molar-refractivity contribution in [3.8, 4) is 0 Å². The van der Waals surface area contributed by atoms with Crippen LogP contribution in [0.1, 0.15) is 21.1 Å². The molecule has 3 amide bonds. The number of nitrogens with one attached hydrogen (secondary N) is 2. The molecule has 1 aromatic heterocycles. The molecule has 0 bridgehead atoms. The summed E-state index contributed by atoms with van der Waals surface area (Å²) < 4.78 is 0. The van der Waals surface area contributed by atoms with Crippen LogP contribution in [0.15, 0.2) is 24.3 Å². The average molecular weight is 346 g/mol. The van der Waals surface area contributed by atoms with Crippen molar-refractivity contribution < 1.29 is 9.59 Å². The van der Waals surface area contributed by atoms with Crippen LogP contribution < -0.4 is 10.6 Å². The van der Waals surface area contributed by atoms with Crippen molar-refractivity contribution in [3.05, 3.63) is 45.4 Å². The topological polar surface area (TPSA) is 74.3 Å². The molecular weight excluding hydrogens is 324 g/mol. The van der Waals surface area contributed by atoms with Crippen LogP contribution in [0.4, 0.5) is 10.5 Å². The van der Waals surface area contributed by atoms with Crippen molar-refractivity contribution in [2.24, 2.45) is 0 Å². The van der Waals surface area contributed by atoms with Crippen LogP contribution >= 0.6 is 11.3 Å². The molecule has 0 saturated carbocycles. The van der Waals surface area contributed by atoms with Gasteiger partial charge in [-0.05, 0) is 25.5 Å². The van der Waals surface area contributed by atoms with Crippen molar-refractivity contribution in [1.29, 1.82) is 0 Å². The van der Waals surface area contributed by atoms with Gasteiger partial charge in [0.25, 0.3) is 0 Å². The van der Waals surface area contributed by atoms with Crippen molar-refractivity contribution >= 4 is 29.0 Å². The lowest BCUT2D eigenvalue weighted by atomic mass is 10.1. The number of rotatable bonds is 5. The number of hydrogen-bond donors (Lipinski definition) is 2. The summed E-state index contributed by atoms with van der Waals surface area (Å²) in [6.07, 6.45) is 0.247. The fourth-order valence-corrected chi connectivity index (χ4v) is 3.06. The Morgan fingerprint density at radius 3 is 2.54 bits per heavy atom. The van der Waals surface area contributed by atoms with Crippen LogP contribution in [0.2, 0.25) is 0 Å². The SMILES string of the molecule is Cc1nc(C)c(CNC(=O)Nc2ccccc2CC(=O)N(C)C)s1. The number of likely N-dealkylation sites (N-methyl/N-ethyl adjacent to an activating group) is 1. The molecule has 0 aliphatic heterocycles. The van der Waals surface area contributed by atoms with E-state index in [-0.39, 0.29) is 18.4 Å². The Kier molecular flexibility index (Phi) is 5.92. The number of amides is 3. The Bertz CT molecular complexity index is 740. The summed E-state index contributed by atoms with van der Waals surface area (Å²) in [5.41, 5.74) is 2.37. The van der Waals surface area contributed by atoms with Gasteiger partial charge in [-0.25, -0.2) is 9.78 Å². The molecule has 1 aromatic carbocycles. The van der Waals surface area contributed by atoms with Crippen LogP contribution in [-0.2, 0) is 17.8 Å². The summed E-state index contributed by atoms with van der Waals surface area (Å²) in [4.78, 5) is 31.0. The van der Waals surface area contributed by atoms with Gasteiger partial charge in [-0.3, -0.25) is 4.79 Å². The third-order valence-electron chi connectivity index (χ3n) is 3.52. The molecule has 0 fully saturated rings. The molecule has 2 N–H and O–H groups in total. The van der Waals surface area contributed by atoms with Crippen LogP contribution in [0.25, 0.3) is 0 Å². The highest BCUT2D eigenvalue weighted by Gasteiger charge is 2.12. The molecule has 24 heavy (non-hydrogen) atoms. The number of aryl methyl sites for hydroxylation is 2. The van der Waals surface area contributed by atoms with Crippen LogP contribution in [0, 0.1) is 13.8 Å². The maximum atomic E-state index is 12.1. The first-order chi connectivity index (χ1) is 11.4. The first kappa shape index (κ1) is 17.9. The van der Waals surface area contributed by atoms with Gasteiger partial charge in [0.1, 0.15) is 0 Å². The predicted molar refractivity (Wildman–Crippen MR) is 96.3 cm³/mol. The number of para-hydroxylation sites is 1. The van der Waals surface area contributed by atoms with Gasteiger partial charge < -0.3 is 15.5 Å². The van der Waals surface area contributed by atoms with Gasteiger partial charge in [0, 0.05) is 24.7 Å². The highest BCUT2D eigenvalue weighted by Crippen LogP contribution is 2.18. The zero-order valence-corrected chi connectivity index (χ0v) is 15.2. The Morgan fingerprint density at radius 1 is 1.21 bits per heavy atom. The Hall–Kier alpha value is -2.41. The quantitative estimate of drug-likeness (QED) is 0.874. The van der Waals surface area contributed by atoms with E-state index in [1.807, 2.05) is 32.0 Å². The van der Waals surface area contributed by atoms with Crippen molar-refractivity contribution in [2.45, 2.75) is 26.8 Å².